The first-order valence-corrected chi connectivity index (χ1v) is 9.04. The van der Waals surface area contributed by atoms with E-state index in [0.29, 0.717) is 18.0 Å². The van der Waals surface area contributed by atoms with Gasteiger partial charge in [0, 0.05) is 39.4 Å². The number of aromatic nitrogens is 1. The van der Waals surface area contributed by atoms with Crippen molar-refractivity contribution in [3.8, 4) is 0 Å². The highest BCUT2D eigenvalue weighted by Crippen LogP contribution is 2.16. The molecule has 0 bridgehead atoms. The molecule has 2 heterocycles. The molecule has 1 unspecified atom stereocenters. The molecule has 0 fully saturated rings. The SMILES string of the molecule is CN(CC(O)CN1CCc2ccccc2CC1)C(=O)c1ccns1. The van der Waals surface area contributed by atoms with Gasteiger partial charge < -0.3 is 14.9 Å². The molecule has 1 aromatic heterocycles. The molecule has 3 rings (SSSR count). The summed E-state index contributed by atoms with van der Waals surface area (Å²) in [7, 11) is 1.73. The topological polar surface area (TPSA) is 56.7 Å². The predicted octanol–water partition coefficient (Wildman–Crippen LogP) is 1.68. The van der Waals surface area contributed by atoms with Crippen molar-refractivity contribution < 1.29 is 9.90 Å². The van der Waals surface area contributed by atoms with Crippen LogP contribution in [0.2, 0.25) is 0 Å². The van der Waals surface area contributed by atoms with Crippen LogP contribution in [-0.4, -0.2) is 64.5 Å². The molecular weight excluding hydrogens is 322 g/mol. The van der Waals surface area contributed by atoms with E-state index in [2.05, 4.69) is 33.5 Å². The Morgan fingerprint density at radius 3 is 2.54 bits per heavy atom. The van der Waals surface area contributed by atoms with Gasteiger partial charge in [-0.15, -0.1) is 0 Å². The van der Waals surface area contributed by atoms with Gasteiger partial charge >= 0.3 is 0 Å². The standard InChI is InChI=1S/C18H23N3O2S/c1-20(18(23)17-6-9-19-24-17)12-16(22)13-21-10-7-14-4-2-3-5-15(14)8-11-21/h2-6,9,16,22H,7-8,10-13H2,1H3. The molecular formula is C18H23N3O2S. The average Bonchev–Trinajstić information content (AvgIpc) is 3.04. The Kier molecular flexibility index (Phi) is 5.60. The summed E-state index contributed by atoms with van der Waals surface area (Å²) in [6.07, 6.45) is 3.10. The van der Waals surface area contributed by atoms with Crippen LogP contribution in [0.5, 0.6) is 0 Å². The van der Waals surface area contributed by atoms with Gasteiger partial charge in [-0.25, -0.2) is 4.37 Å². The van der Waals surface area contributed by atoms with Gasteiger partial charge in [0.1, 0.15) is 4.88 Å². The van der Waals surface area contributed by atoms with Crippen LogP contribution in [0, 0.1) is 0 Å². The number of aliphatic hydroxyl groups is 1. The smallest absolute Gasteiger partial charge is 0.265 e. The molecule has 1 N–H and O–H groups in total. The van der Waals surface area contributed by atoms with E-state index in [0.717, 1.165) is 25.9 Å². The Balaban J connectivity index is 1.50. The summed E-state index contributed by atoms with van der Waals surface area (Å²) in [6, 6.07) is 10.3. The molecule has 0 radical (unpaired) electrons. The van der Waals surface area contributed by atoms with Gasteiger partial charge in [-0.05, 0) is 41.6 Å². The molecule has 1 atom stereocenters. The zero-order chi connectivity index (χ0) is 16.9. The van der Waals surface area contributed by atoms with Crippen molar-refractivity contribution in [2.75, 3.05) is 33.2 Å². The number of hydrogen-bond donors (Lipinski definition) is 1. The van der Waals surface area contributed by atoms with Crippen molar-refractivity contribution >= 4 is 17.4 Å². The highest BCUT2D eigenvalue weighted by molar-refractivity contribution is 7.08. The summed E-state index contributed by atoms with van der Waals surface area (Å²) in [5.74, 6) is -0.0835. The molecule has 128 valence electrons. The molecule has 1 aliphatic rings. The fourth-order valence-electron chi connectivity index (χ4n) is 3.17. The third-order valence-corrected chi connectivity index (χ3v) is 5.20. The maximum Gasteiger partial charge on any atom is 0.265 e. The van der Waals surface area contributed by atoms with Crippen LogP contribution < -0.4 is 0 Å². The van der Waals surface area contributed by atoms with Gasteiger partial charge in [-0.3, -0.25) is 4.79 Å². The van der Waals surface area contributed by atoms with E-state index >= 15 is 0 Å². The van der Waals surface area contributed by atoms with E-state index in [4.69, 9.17) is 0 Å². The highest BCUT2D eigenvalue weighted by atomic mass is 32.1. The lowest BCUT2D eigenvalue weighted by atomic mass is 10.0. The summed E-state index contributed by atoms with van der Waals surface area (Å²) in [5, 5.41) is 10.4. The van der Waals surface area contributed by atoms with E-state index in [9.17, 15) is 9.90 Å². The van der Waals surface area contributed by atoms with Crippen LogP contribution >= 0.6 is 11.5 Å². The van der Waals surface area contributed by atoms with Crippen molar-refractivity contribution in [3.63, 3.8) is 0 Å². The Bertz CT molecular complexity index is 648. The molecule has 1 aromatic carbocycles. The number of nitrogens with zero attached hydrogens (tertiary/aromatic N) is 3. The molecule has 6 heteroatoms. The van der Waals surface area contributed by atoms with E-state index in [-0.39, 0.29) is 5.91 Å². The zero-order valence-electron chi connectivity index (χ0n) is 13.9. The number of amides is 1. The third-order valence-electron chi connectivity index (χ3n) is 4.46. The molecule has 1 aliphatic heterocycles. The molecule has 0 aliphatic carbocycles. The average molecular weight is 345 g/mol. The summed E-state index contributed by atoms with van der Waals surface area (Å²) in [4.78, 5) is 16.7. The van der Waals surface area contributed by atoms with Crippen molar-refractivity contribution in [2.45, 2.75) is 18.9 Å². The minimum absolute atomic E-state index is 0.0835. The first-order valence-electron chi connectivity index (χ1n) is 8.27. The Morgan fingerprint density at radius 2 is 1.96 bits per heavy atom. The number of β-amino-alcohol motifs (C(OH)–C–C–N with tert-alkyl or cyclic N) is 1. The zero-order valence-corrected chi connectivity index (χ0v) is 14.7. The normalized spacial score (nSPS) is 16.2. The molecule has 24 heavy (non-hydrogen) atoms. The van der Waals surface area contributed by atoms with Gasteiger partial charge in [-0.1, -0.05) is 24.3 Å². The number of benzene rings is 1. The molecule has 0 saturated heterocycles. The number of likely N-dealkylation sites (N-methyl/N-ethyl adjacent to an activating group) is 1. The number of carbonyl (C=O) groups excluding carboxylic acids is 1. The molecule has 1 amide bonds. The maximum atomic E-state index is 12.2. The van der Waals surface area contributed by atoms with Crippen LogP contribution in [0.15, 0.2) is 36.5 Å². The van der Waals surface area contributed by atoms with Crippen LogP contribution in [0.3, 0.4) is 0 Å². The molecule has 2 aromatic rings. The van der Waals surface area contributed by atoms with E-state index in [1.165, 1.54) is 22.7 Å². The lowest BCUT2D eigenvalue weighted by Gasteiger charge is -2.26. The largest absolute Gasteiger partial charge is 0.390 e. The molecule has 0 saturated carbocycles. The summed E-state index contributed by atoms with van der Waals surface area (Å²) < 4.78 is 3.95. The number of aliphatic hydroxyl groups excluding tert-OH is 1. The Labute approximate surface area is 146 Å². The van der Waals surface area contributed by atoms with Crippen LogP contribution in [0.4, 0.5) is 0 Å². The fraction of sp³-hybridized carbons (Fsp3) is 0.444. The van der Waals surface area contributed by atoms with Crippen molar-refractivity contribution in [1.29, 1.82) is 0 Å². The van der Waals surface area contributed by atoms with Gasteiger partial charge in [-0.2, -0.15) is 0 Å². The summed E-state index contributed by atoms with van der Waals surface area (Å²) >= 11 is 1.18. The minimum atomic E-state index is -0.548. The molecule has 5 nitrogen and oxygen atoms in total. The van der Waals surface area contributed by atoms with Crippen molar-refractivity contribution in [2.24, 2.45) is 0 Å². The van der Waals surface area contributed by atoms with Gasteiger partial charge in [0.15, 0.2) is 0 Å². The first kappa shape index (κ1) is 17.1. The van der Waals surface area contributed by atoms with E-state index in [1.54, 1.807) is 24.2 Å². The lowest BCUT2D eigenvalue weighted by molar-refractivity contribution is 0.0595. The second-order valence-electron chi connectivity index (χ2n) is 6.29. The molecule has 0 spiro atoms. The maximum absolute atomic E-state index is 12.2. The van der Waals surface area contributed by atoms with Crippen LogP contribution in [-0.2, 0) is 12.8 Å². The third kappa shape index (κ3) is 4.20. The van der Waals surface area contributed by atoms with Crippen molar-refractivity contribution in [3.05, 3.63) is 52.5 Å². The lowest BCUT2D eigenvalue weighted by Crippen LogP contribution is -2.41. The van der Waals surface area contributed by atoms with Gasteiger partial charge in [0.05, 0.1) is 6.10 Å². The quantitative estimate of drug-likeness (QED) is 0.896. The second-order valence-corrected chi connectivity index (χ2v) is 7.12. The summed E-state index contributed by atoms with van der Waals surface area (Å²) in [5.41, 5.74) is 2.82. The predicted molar refractivity (Wildman–Crippen MR) is 95.4 cm³/mol. The first-order chi connectivity index (χ1) is 11.6. The van der Waals surface area contributed by atoms with Crippen LogP contribution in [0.1, 0.15) is 20.8 Å². The number of fused-ring (bicyclic) bond motifs is 1. The Morgan fingerprint density at radius 1 is 1.29 bits per heavy atom. The van der Waals surface area contributed by atoms with E-state index in [1.807, 2.05) is 0 Å². The number of carbonyl (C=O) groups is 1. The monoisotopic (exact) mass is 345 g/mol. The minimum Gasteiger partial charge on any atom is -0.390 e. The number of hydrogen-bond acceptors (Lipinski definition) is 5. The van der Waals surface area contributed by atoms with E-state index < -0.39 is 6.10 Å². The highest BCUT2D eigenvalue weighted by Gasteiger charge is 2.20. The van der Waals surface area contributed by atoms with Crippen molar-refractivity contribution in [1.82, 2.24) is 14.2 Å². The second kappa shape index (κ2) is 7.88. The fourth-order valence-corrected chi connectivity index (χ4v) is 3.76. The number of rotatable bonds is 5. The van der Waals surface area contributed by atoms with Crippen LogP contribution in [0.25, 0.3) is 0 Å². The summed E-state index contributed by atoms with van der Waals surface area (Å²) in [6.45, 7) is 2.82. The van der Waals surface area contributed by atoms with Gasteiger partial charge in [0.2, 0.25) is 0 Å². The Hall–Kier alpha value is -1.76. The van der Waals surface area contributed by atoms with Gasteiger partial charge in [0.25, 0.3) is 5.91 Å².